The van der Waals surface area contributed by atoms with Gasteiger partial charge in [-0.2, -0.15) is 5.26 Å². The summed E-state index contributed by atoms with van der Waals surface area (Å²) < 4.78 is 1.84. The molecule has 0 amide bonds. The number of fused-ring (bicyclic) bond motifs is 1. The van der Waals surface area contributed by atoms with Crippen LogP contribution in [0.15, 0.2) is 24.3 Å². The third-order valence-corrected chi connectivity index (χ3v) is 2.15. The van der Waals surface area contributed by atoms with E-state index in [0.717, 1.165) is 16.9 Å². The number of hydrogen-bond acceptors (Lipinski definition) is 3. The lowest BCUT2D eigenvalue weighted by atomic mass is 10.3. The highest BCUT2D eigenvalue weighted by Crippen LogP contribution is 2.15. The summed E-state index contributed by atoms with van der Waals surface area (Å²) >= 11 is 0. The van der Waals surface area contributed by atoms with Gasteiger partial charge in [-0.3, -0.25) is 0 Å². The SMILES string of the molecule is N#CCn1c(CN)nc2ccccc21. The van der Waals surface area contributed by atoms with Crippen molar-refractivity contribution in [1.82, 2.24) is 9.55 Å². The van der Waals surface area contributed by atoms with Gasteiger partial charge in [0, 0.05) is 0 Å². The smallest absolute Gasteiger partial charge is 0.124 e. The molecule has 1 aromatic carbocycles. The van der Waals surface area contributed by atoms with E-state index in [-0.39, 0.29) is 0 Å². The number of nitrogens with zero attached hydrogens (tertiary/aromatic N) is 3. The van der Waals surface area contributed by atoms with Crippen LogP contribution in [0.1, 0.15) is 5.82 Å². The summed E-state index contributed by atoms with van der Waals surface area (Å²) in [6, 6.07) is 9.82. The number of hydrogen-bond donors (Lipinski definition) is 1. The Morgan fingerprint density at radius 1 is 1.43 bits per heavy atom. The molecule has 4 nitrogen and oxygen atoms in total. The van der Waals surface area contributed by atoms with Crippen molar-refractivity contribution in [3.05, 3.63) is 30.1 Å². The molecule has 2 N–H and O–H groups in total. The molecule has 0 saturated carbocycles. The maximum atomic E-state index is 8.68. The fraction of sp³-hybridized carbons (Fsp3) is 0.200. The second-order valence-electron chi connectivity index (χ2n) is 2.97. The highest BCUT2D eigenvalue weighted by atomic mass is 15.1. The van der Waals surface area contributed by atoms with E-state index in [1.54, 1.807) is 0 Å². The summed E-state index contributed by atoms with van der Waals surface area (Å²) in [6.45, 7) is 0.656. The Morgan fingerprint density at radius 2 is 2.21 bits per heavy atom. The quantitative estimate of drug-likeness (QED) is 0.761. The summed E-state index contributed by atoms with van der Waals surface area (Å²) in [4.78, 5) is 4.34. The van der Waals surface area contributed by atoms with Crippen molar-refractivity contribution in [2.45, 2.75) is 13.1 Å². The maximum Gasteiger partial charge on any atom is 0.124 e. The lowest BCUT2D eigenvalue weighted by Crippen LogP contribution is -2.07. The summed E-state index contributed by atoms with van der Waals surface area (Å²) in [6.07, 6.45) is 0. The third kappa shape index (κ3) is 1.24. The molecule has 0 bridgehead atoms. The van der Waals surface area contributed by atoms with Gasteiger partial charge in [0.2, 0.25) is 0 Å². The number of nitrogens with two attached hydrogens (primary N) is 1. The second kappa shape index (κ2) is 3.48. The van der Waals surface area contributed by atoms with Crippen molar-refractivity contribution in [2.75, 3.05) is 0 Å². The largest absolute Gasteiger partial charge is 0.324 e. The van der Waals surface area contributed by atoms with Crippen LogP contribution in [0, 0.1) is 11.3 Å². The Morgan fingerprint density at radius 3 is 2.93 bits per heavy atom. The molecule has 70 valence electrons. The second-order valence-corrected chi connectivity index (χ2v) is 2.97. The average Bonchev–Trinajstić information content (AvgIpc) is 2.58. The van der Waals surface area contributed by atoms with Crippen LogP contribution in [-0.4, -0.2) is 9.55 Å². The number of para-hydroxylation sites is 2. The van der Waals surface area contributed by atoms with Gasteiger partial charge in [-0.05, 0) is 12.1 Å². The minimum Gasteiger partial charge on any atom is -0.324 e. The van der Waals surface area contributed by atoms with E-state index >= 15 is 0 Å². The van der Waals surface area contributed by atoms with Crippen molar-refractivity contribution >= 4 is 11.0 Å². The maximum absolute atomic E-state index is 8.68. The van der Waals surface area contributed by atoms with E-state index in [1.165, 1.54) is 0 Å². The summed E-state index contributed by atoms with van der Waals surface area (Å²) in [7, 11) is 0. The molecule has 2 rings (SSSR count). The Hall–Kier alpha value is -1.86. The van der Waals surface area contributed by atoms with Crippen molar-refractivity contribution in [3.8, 4) is 6.07 Å². The van der Waals surface area contributed by atoms with Crippen LogP contribution < -0.4 is 5.73 Å². The topological polar surface area (TPSA) is 67.6 Å². The molecule has 0 spiro atoms. The van der Waals surface area contributed by atoms with Crippen LogP contribution in [0.2, 0.25) is 0 Å². The molecule has 0 radical (unpaired) electrons. The Kier molecular flexibility index (Phi) is 2.17. The van der Waals surface area contributed by atoms with Crippen LogP contribution in [-0.2, 0) is 13.1 Å². The van der Waals surface area contributed by atoms with E-state index in [1.807, 2.05) is 28.8 Å². The first-order chi connectivity index (χ1) is 6.86. The average molecular weight is 186 g/mol. The molecule has 0 unspecified atom stereocenters. The molecule has 0 aliphatic heterocycles. The zero-order chi connectivity index (χ0) is 9.97. The first-order valence-electron chi connectivity index (χ1n) is 4.38. The number of nitriles is 1. The summed E-state index contributed by atoms with van der Waals surface area (Å²) in [5.41, 5.74) is 7.41. The minimum atomic E-state index is 0.299. The minimum absolute atomic E-state index is 0.299. The molecule has 0 aliphatic rings. The van der Waals surface area contributed by atoms with E-state index in [0.29, 0.717) is 13.1 Å². The van der Waals surface area contributed by atoms with Crippen LogP contribution >= 0.6 is 0 Å². The zero-order valence-electron chi connectivity index (χ0n) is 7.64. The monoisotopic (exact) mass is 186 g/mol. The standard InChI is InChI=1S/C10H10N4/c11-5-6-14-9-4-2-1-3-8(9)13-10(14)7-12/h1-4H,6-7,12H2. The molecule has 0 saturated heterocycles. The number of aromatic nitrogens is 2. The molecule has 2 aromatic rings. The lowest BCUT2D eigenvalue weighted by Gasteiger charge is -2.00. The molecule has 4 heteroatoms. The number of imidazole rings is 1. The van der Waals surface area contributed by atoms with Gasteiger partial charge in [0.25, 0.3) is 0 Å². The fourth-order valence-corrected chi connectivity index (χ4v) is 1.53. The predicted octanol–water partition coefficient (Wildman–Crippen LogP) is 1.02. The molecular weight excluding hydrogens is 176 g/mol. The van der Waals surface area contributed by atoms with Gasteiger partial charge in [0.1, 0.15) is 12.4 Å². The first-order valence-corrected chi connectivity index (χ1v) is 4.38. The van der Waals surface area contributed by atoms with E-state index < -0.39 is 0 Å². The first kappa shape index (κ1) is 8.73. The van der Waals surface area contributed by atoms with Crippen molar-refractivity contribution in [2.24, 2.45) is 5.73 Å². The number of benzene rings is 1. The van der Waals surface area contributed by atoms with Crippen molar-refractivity contribution < 1.29 is 0 Å². The molecule has 1 heterocycles. The van der Waals surface area contributed by atoms with Gasteiger partial charge in [-0.25, -0.2) is 4.98 Å². The molecule has 14 heavy (non-hydrogen) atoms. The van der Waals surface area contributed by atoms with Gasteiger partial charge < -0.3 is 10.3 Å². The molecule has 0 fully saturated rings. The molecule has 0 aliphatic carbocycles. The Labute approximate surface area is 81.6 Å². The van der Waals surface area contributed by atoms with Gasteiger partial charge in [0.05, 0.1) is 23.6 Å². The zero-order valence-corrected chi connectivity index (χ0v) is 7.64. The van der Waals surface area contributed by atoms with Gasteiger partial charge >= 0.3 is 0 Å². The van der Waals surface area contributed by atoms with Crippen molar-refractivity contribution in [3.63, 3.8) is 0 Å². The van der Waals surface area contributed by atoms with Crippen molar-refractivity contribution in [1.29, 1.82) is 5.26 Å². The Bertz CT molecular complexity index is 492. The van der Waals surface area contributed by atoms with E-state index in [9.17, 15) is 0 Å². The highest BCUT2D eigenvalue weighted by molar-refractivity contribution is 5.75. The lowest BCUT2D eigenvalue weighted by molar-refractivity contribution is 0.765. The predicted molar refractivity (Wildman–Crippen MR) is 53.2 cm³/mol. The summed E-state index contributed by atoms with van der Waals surface area (Å²) in [5, 5.41) is 8.68. The molecule has 1 aromatic heterocycles. The van der Waals surface area contributed by atoms with Crippen LogP contribution in [0.4, 0.5) is 0 Å². The van der Waals surface area contributed by atoms with Gasteiger partial charge in [0.15, 0.2) is 0 Å². The van der Waals surface area contributed by atoms with Crippen LogP contribution in [0.3, 0.4) is 0 Å². The Balaban J connectivity index is 2.69. The molecule has 0 atom stereocenters. The summed E-state index contributed by atoms with van der Waals surface area (Å²) in [5.74, 6) is 0.757. The van der Waals surface area contributed by atoms with E-state index in [2.05, 4.69) is 11.1 Å². The fourth-order valence-electron chi connectivity index (χ4n) is 1.53. The highest BCUT2D eigenvalue weighted by Gasteiger charge is 2.07. The number of rotatable bonds is 2. The normalized spacial score (nSPS) is 10.3. The molecular formula is C10H10N4. The van der Waals surface area contributed by atoms with E-state index in [4.69, 9.17) is 11.0 Å². The van der Waals surface area contributed by atoms with Gasteiger partial charge in [-0.15, -0.1) is 0 Å². The third-order valence-electron chi connectivity index (χ3n) is 2.15. The van der Waals surface area contributed by atoms with Gasteiger partial charge in [-0.1, -0.05) is 12.1 Å². The van der Waals surface area contributed by atoms with Crippen LogP contribution in [0.25, 0.3) is 11.0 Å². The van der Waals surface area contributed by atoms with Crippen LogP contribution in [0.5, 0.6) is 0 Å².